The summed E-state index contributed by atoms with van der Waals surface area (Å²) in [5, 5.41) is 0.627. The van der Waals surface area contributed by atoms with E-state index in [-0.39, 0.29) is 5.78 Å². The van der Waals surface area contributed by atoms with Crippen molar-refractivity contribution in [2.45, 2.75) is 12.2 Å². The van der Waals surface area contributed by atoms with E-state index in [9.17, 15) is 4.79 Å². The summed E-state index contributed by atoms with van der Waals surface area (Å²) in [6.45, 7) is 3.90. The normalized spacial score (nSPS) is 15.4. The van der Waals surface area contributed by atoms with E-state index < -0.39 is 0 Å². The van der Waals surface area contributed by atoms with E-state index in [4.69, 9.17) is 9.47 Å². The van der Waals surface area contributed by atoms with E-state index in [0.717, 1.165) is 19.0 Å². The molecule has 17 heavy (non-hydrogen) atoms. The lowest BCUT2D eigenvalue weighted by molar-refractivity contribution is 0.0454. The zero-order chi connectivity index (χ0) is 12.1. The Morgan fingerprint density at radius 3 is 2.88 bits per heavy atom. The Bertz CT molecular complexity index is 388. The fraction of sp³-hybridized carbons (Fsp3) is 0.462. The van der Waals surface area contributed by atoms with Crippen LogP contribution in [-0.4, -0.2) is 36.6 Å². The highest BCUT2D eigenvalue weighted by Gasteiger charge is 2.18. The number of benzene rings is 1. The Balaban J connectivity index is 1.79. The van der Waals surface area contributed by atoms with Crippen LogP contribution in [0.4, 0.5) is 0 Å². The molecule has 0 radical (unpaired) electrons. The molecule has 1 fully saturated rings. The van der Waals surface area contributed by atoms with E-state index in [0.29, 0.717) is 23.2 Å². The maximum atomic E-state index is 11.4. The number of para-hydroxylation sites is 1. The summed E-state index contributed by atoms with van der Waals surface area (Å²) in [7, 11) is 0. The number of ketones is 1. The molecule has 1 saturated heterocycles. The molecule has 0 bridgehead atoms. The minimum Gasteiger partial charge on any atom is -0.492 e. The Kier molecular flexibility index (Phi) is 4.45. The van der Waals surface area contributed by atoms with Gasteiger partial charge in [-0.2, -0.15) is 11.8 Å². The van der Waals surface area contributed by atoms with E-state index in [1.807, 2.05) is 30.0 Å². The van der Waals surface area contributed by atoms with Crippen LogP contribution in [0.1, 0.15) is 17.3 Å². The van der Waals surface area contributed by atoms with Crippen LogP contribution < -0.4 is 4.74 Å². The average molecular weight is 252 g/mol. The minimum atomic E-state index is 0.0423. The SMILES string of the molecule is CC(=O)c1ccccc1OCCSC1COC1. The first-order valence-corrected chi connectivity index (χ1v) is 6.74. The number of carbonyl (C=O) groups excluding carboxylic acids is 1. The molecule has 1 heterocycles. The van der Waals surface area contributed by atoms with Gasteiger partial charge >= 0.3 is 0 Å². The van der Waals surface area contributed by atoms with Crippen LogP contribution in [0.2, 0.25) is 0 Å². The molecule has 2 rings (SSSR count). The van der Waals surface area contributed by atoms with Crippen molar-refractivity contribution < 1.29 is 14.3 Å². The Hall–Kier alpha value is -1.00. The topological polar surface area (TPSA) is 35.5 Å². The van der Waals surface area contributed by atoms with E-state index in [2.05, 4.69) is 0 Å². The summed E-state index contributed by atoms with van der Waals surface area (Å²) >= 11 is 1.86. The van der Waals surface area contributed by atoms with Crippen LogP contribution >= 0.6 is 11.8 Å². The van der Waals surface area contributed by atoms with Gasteiger partial charge in [-0.1, -0.05) is 12.1 Å². The van der Waals surface area contributed by atoms with Crippen LogP contribution in [0.25, 0.3) is 0 Å². The van der Waals surface area contributed by atoms with Crippen molar-refractivity contribution in [3.05, 3.63) is 29.8 Å². The zero-order valence-corrected chi connectivity index (χ0v) is 10.7. The fourth-order valence-corrected chi connectivity index (χ4v) is 2.46. The van der Waals surface area contributed by atoms with Gasteiger partial charge in [0.15, 0.2) is 5.78 Å². The molecule has 0 aliphatic carbocycles. The highest BCUT2D eigenvalue weighted by atomic mass is 32.2. The van der Waals surface area contributed by atoms with Crippen molar-refractivity contribution >= 4 is 17.5 Å². The Labute approximate surface area is 105 Å². The first-order valence-electron chi connectivity index (χ1n) is 5.69. The first kappa shape index (κ1) is 12.5. The predicted molar refractivity (Wildman–Crippen MR) is 69.0 cm³/mol. The lowest BCUT2D eigenvalue weighted by atomic mass is 10.1. The third kappa shape index (κ3) is 3.48. The summed E-state index contributed by atoms with van der Waals surface area (Å²) in [4.78, 5) is 11.4. The maximum Gasteiger partial charge on any atom is 0.163 e. The van der Waals surface area contributed by atoms with E-state index in [1.54, 1.807) is 13.0 Å². The smallest absolute Gasteiger partial charge is 0.163 e. The summed E-state index contributed by atoms with van der Waals surface area (Å²) in [6, 6.07) is 7.37. The second-order valence-corrected chi connectivity index (χ2v) is 5.34. The fourth-order valence-electron chi connectivity index (χ4n) is 1.56. The van der Waals surface area contributed by atoms with Crippen molar-refractivity contribution in [2.75, 3.05) is 25.6 Å². The molecular formula is C13H16O3S. The number of Topliss-reactive ketones (excluding diaryl/α,β-unsaturated/α-hetero) is 1. The number of ether oxygens (including phenoxy) is 2. The Morgan fingerprint density at radius 1 is 1.47 bits per heavy atom. The van der Waals surface area contributed by atoms with Gasteiger partial charge < -0.3 is 9.47 Å². The molecule has 92 valence electrons. The molecule has 1 aliphatic heterocycles. The van der Waals surface area contributed by atoms with Crippen molar-refractivity contribution in [3.63, 3.8) is 0 Å². The van der Waals surface area contributed by atoms with Crippen molar-refractivity contribution in [2.24, 2.45) is 0 Å². The van der Waals surface area contributed by atoms with E-state index in [1.165, 1.54) is 0 Å². The van der Waals surface area contributed by atoms with Crippen LogP contribution in [0, 0.1) is 0 Å². The molecule has 0 saturated carbocycles. The average Bonchev–Trinajstić information content (AvgIpc) is 2.26. The van der Waals surface area contributed by atoms with Crippen molar-refractivity contribution in [1.82, 2.24) is 0 Å². The molecule has 0 amide bonds. The largest absolute Gasteiger partial charge is 0.492 e. The summed E-state index contributed by atoms with van der Waals surface area (Å²) in [5.41, 5.74) is 0.657. The summed E-state index contributed by atoms with van der Waals surface area (Å²) < 4.78 is 10.7. The molecule has 0 spiro atoms. The Morgan fingerprint density at radius 2 is 2.24 bits per heavy atom. The highest BCUT2D eigenvalue weighted by Crippen LogP contribution is 2.21. The molecule has 0 aromatic heterocycles. The van der Waals surface area contributed by atoms with Gasteiger partial charge in [-0.15, -0.1) is 0 Å². The lowest BCUT2D eigenvalue weighted by Crippen LogP contribution is -2.31. The maximum absolute atomic E-state index is 11.4. The third-order valence-corrected chi connectivity index (χ3v) is 3.71. The highest BCUT2D eigenvalue weighted by molar-refractivity contribution is 8.00. The molecule has 0 atom stereocenters. The van der Waals surface area contributed by atoms with Gasteiger partial charge in [0.25, 0.3) is 0 Å². The van der Waals surface area contributed by atoms with Crippen LogP contribution in [0.3, 0.4) is 0 Å². The second-order valence-electron chi connectivity index (χ2n) is 3.93. The standard InChI is InChI=1S/C13H16O3S/c1-10(14)12-4-2-3-5-13(12)16-6-7-17-11-8-15-9-11/h2-5,11H,6-9H2,1H3. The molecular weight excluding hydrogens is 236 g/mol. The lowest BCUT2D eigenvalue weighted by Gasteiger charge is -2.25. The monoisotopic (exact) mass is 252 g/mol. The second kappa shape index (κ2) is 6.07. The number of rotatable bonds is 6. The van der Waals surface area contributed by atoms with Crippen LogP contribution in [0.15, 0.2) is 24.3 Å². The molecule has 1 aromatic rings. The zero-order valence-electron chi connectivity index (χ0n) is 9.85. The van der Waals surface area contributed by atoms with Gasteiger partial charge in [0.1, 0.15) is 5.75 Å². The quantitative estimate of drug-likeness (QED) is 0.575. The molecule has 3 nitrogen and oxygen atoms in total. The summed E-state index contributed by atoms with van der Waals surface area (Å²) in [6.07, 6.45) is 0. The molecule has 0 N–H and O–H groups in total. The molecule has 1 aromatic carbocycles. The van der Waals surface area contributed by atoms with Gasteiger partial charge in [0.05, 0.1) is 30.6 Å². The van der Waals surface area contributed by atoms with Gasteiger partial charge in [0.2, 0.25) is 0 Å². The number of hydrogen-bond acceptors (Lipinski definition) is 4. The van der Waals surface area contributed by atoms with Gasteiger partial charge in [-0.25, -0.2) is 0 Å². The van der Waals surface area contributed by atoms with Gasteiger partial charge in [-0.3, -0.25) is 4.79 Å². The van der Waals surface area contributed by atoms with Gasteiger partial charge in [0, 0.05) is 5.75 Å². The predicted octanol–water partition coefficient (Wildman–Crippen LogP) is 2.40. The third-order valence-electron chi connectivity index (χ3n) is 2.57. The van der Waals surface area contributed by atoms with Gasteiger partial charge in [-0.05, 0) is 19.1 Å². The first-order chi connectivity index (χ1) is 8.27. The molecule has 0 unspecified atom stereocenters. The minimum absolute atomic E-state index is 0.0423. The molecule has 1 aliphatic rings. The number of thioether (sulfide) groups is 1. The van der Waals surface area contributed by atoms with Crippen molar-refractivity contribution in [1.29, 1.82) is 0 Å². The van der Waals surface area contributed by atoms with Crippen LogP contribution in [-0.2, 0) is 4.74 Å². The molecule has 4 heteroatoms. The van der Waals surface area contributed by atoms with Crippen molar-refractivity contribution in [3.8, 4) is 5.75 Å². The number of carbonyl (C=O) groups is 1. The van der Waals surface area contributed by atoms with E-state index >= 15 is 0 Å². The van der Waals surface area contributed by atoms with Crippen LogP contribution in [0.5, 0.6) is 5.75 Å². The number of hydrogen-bond donors (Lipinski definition) is 0. The summed E-state index contributed by atoms with van der Waals surface area (Å²) in [5.74, 6) is 1.66.